The van der Waals surface area contributed by atoms with Gasteiger partial charge in [-0.15, -0.1) is 0 Å². The maximum Gasteiger partial charge on any atom is 0.136 e. The third kappa shape index (κ3) is 2.86. The smallest absolute Gasteiger partial charge is 0.136 e. The summed E-state index contributed by atoms with van der Waals surface area (Å²) in [6, 6.07) is 10.9. The lowest BCUT2D eigenvalue weighted by Crippen LogP contribution is -2.30. The zero-order valence-electron chi connectivity index (χ0n) is 11.5. The summed E-state index contributed by atoms with van der Waals surface area (Å²) in [5, 5.41) is 15.3. The Bertz CT molecular complexity index is 754. The molecule has 5 heteroatoms. The minimum atomic E-state index is -1.09. The zero-order valence-corrected chi connectivity index (χ0v) is 12.3. The maximum absolute atomic E-state index is 10.5. The van der Waals surface area contributed by atoms with Gasteiger partial charge in [0.1, 0.15) is 11.4 Å². The number of fused-ring (bicyclic) bond motifs is 1. The number of pyridine rings is 1. The molecule has 2 heterocycles. The molecule has 108 valence electrons. The van der Waals surface area contributed by atoms with Crippen LogP contribution in [-0.2, 0) is 5.60 Å². The fraction of sp³-hybridized carbons (Fsp3) is 0.188. The fourth-order valence-corrected chi connectivity index (χ4v) is 2.38. The molecule has 0 saturated carbocycles. The lowest BCUT2D eigenvalue weighted by molar-refractivity contribution is 0.0477. The van der Waals surface area contributed by atoms with E-state index in [0.717, 1.165) is 16.6 Å². The highest BCUT2D eigenvalue weighted by Gasteiger charge is 2.26. The van der Waals surface area contributed by atoms with Gasteiger partial charge in [-0.25, -0.2) is 0 Å². The zero-order chi connectivity index (χ0) is 14.9. The van der Waals surface area contributed by atoms with E-state index in [0.29, 0.717) is 17.3 Å². The van der Waals surface area contributed by atoms with Crippen LogP contribution in [-0.4, -0.2) is 16.6 Å². The van der Waals surface area contributed by atoms with Crippen LogP contribution in [0.15, 0.2) is 53.3 Å². The monoisotopic (exact) mass is 302 g/mol. The van der Waals surface area contributed by atoms with Gasteiger partial charge in [-0.05, 0) is 43.3 Å². The van der Waals surface area contributed by atoms with Crippen LogP contribution in [0.4, 0.5) is 5.69 Å². The number of aliphatic hydroxyl groups is 1. The average molecular weight is 303 g/mol. The Kier molecular flexibility index (Phi) is 3.57. The number of hydrogen-bond acceptors (Lipinski definition) is 4. The fourth-order valence-electron chi connectivity index (χ4n) is 2.21. The first-order valence-corrected chi connectivity index (χ1v) is 6.98. The molecule has 2 aromatic heterocycles. The molecule has 0 aliphatic heterocycles. The standard InChI is InChI=1S/C16H15ClN2O2/c1-16(20,15-3-2-8-21-15)10-19-13-6-7-18-14-9-11(17)4-5-12(13)14/h2-9,20H,10H2,1H3,(H,18,19). The molecule has 0 aliphatic rings. The van der Waals surface area contributed by atoms with E-state index >= 15 is 0 Å². The van der Waals surface area contributed by atoms with Gasteiger partial charge in [0.15, 0.2) is 0 Å². The number of hydrogen-bond donors (Lipinski definition) is 2. The van der Waals surface area contributed by atoms with Crippen LogP contribution in [0.5, 0.6) is 0 Å². The van der Waals surface area contributed by atoms with Crippen LogP contribution < -0.4 is 5.32 Å². The van der Waals surface area contributed by atoms with Crippen LogP contribution in [0.25, 0.3) is 10.9 Å². The third-order valence-corrected chi connectivity index (χ3v) is 3.61. The van der Waals surface area contributed by atoms with Crippen molar-refractivity contribution in [3.63, 3.8) is 0 Å². The van der Waals surface area contributed by atoms with Crippen molar-refractivity contribution in [2.75, 3.05) is 11.9 Å². The van der Waals surface area contributed by atoms with Crippen molar-refractivity contribution >= 4 is 28.2 Å². The van der Waals surface area contributed by atoms with Crippen molar-refractivity contribution in [2.24, 2.45) is 0 Å². The number of furan rings is 1. The van der Waals surface area contributed by atoms with Crippen LogP contribution in [0.3, 0.4) is 0 Å². The quantitative estimate of drug-likeness (QED) is 0.769. The first-order valence-electron chi connectivity index (χ1n) is 6.61. The molecule has 3 aromatic rings. The van der Waals surface area contributed by atoms with Gasteiger partial charge in [-0.2, -0.15) is 0 Å². The summed E-state index contributed by atoms with van der Waals surface area (Å²) in [4.78, 5) is 4.29. The van der Waals surface area contributed by atoms with Gasteiger partial charge in [0.05, 0.1) is 18.3 Å². The van der Waals surface area contributed by atoms with Gasteiger partial charge in [0, 0.05) is 22.3 Å². The number of nitrogens with zero attached hydrogens (tertiary/aromatic N) is 1. The second kappa shape index (κ2) is 5.39. The molecule has 21 heavy (non-hydrogen) atoms. The largest absolute Gasteiger partial charge is 0.466 e. The predicted molar refractivity (Wildman–Crippen MR) is 83.5 cm³/mol. The van der Waals surface area contributed by atoms with E-state index in [1.54, 1.807) is 31.5 Å². The summed E-state index contributed by atoms with van der Waals surface area (Å²) in [5.41, 5.74) is 0.611. The second-order valence-corrected chi connectivity index (χ2v) is 5.56. The lowest BCUT2D eigenvalue weighted by atomic mass is 10.0. The molecular formula is C16H15ClN2O2. The van der Waals surface area contributed by atoms with Crippen molar-refractivity contribution in [1.29, 1.82) is 0 Å². The Morgan fingerprint density at radius 2 is 2.19 bits per heavy atom. The van der Waals surface area contributed by atoms with Crippen LogP contribution >= 0.6 is 11.6 Å². The molecule has 0 radical (unpaired) electrons. The van der Waals surface area contributed by atoms with Crippen LogP contribution in [0.2, 0.25) is 5.02 Å². The lowest BCUT2D eigenvalue weighted by Gasteiger charge is -2.22. The number of nitrogens with one attached hydrogen (secondary N) is 1. The Morgan fingerprint density at radius 1 is 1.33 bits per heavy atom. The minimum absolute atomic E-state index is 0.322. The summed E-state index contributed by atoms with van der Waals surface area (Å²) < 4.78 is 5.27. The Balaban J connectivity index is 1.86. The molecule has 3 rings (SSSR count). The molecule has 0 saturated heterocycles. The molecule has 1 unspecified atom stereocenters. The molecule has 0 spiro atoms. The highest BCUT2D eigenvalue weighted by atomic mass is 35.5. The van der Waals surface area contributed by atoms with Crippen molar-refractivity contribution in [3.05, 3.63) is 59.6 Å². The van der Waals surface area contributed by atoms with E-state index in [-0.39, 0.29) is 0 Å². The number of benzene rings is 1. The normalized spacial score (nSPS) is 14.0. The third-order valence-electron chi connectivity index (χ3n) is 3.38. The topological polar surface area (TPSA) is 58.3 Å². The summed E-state index contributed by atoms with van der Waals surface area (Å²) in [5.74, 6) is 0.524. The van der Waals surface area contributed by atoms with Crippen molar-refractivity contribution in [2.45, 2.75) is 12.5 Å². The van der Waals surface area contributed by atoms with Crippen LogP contribution in [0, 0.1) is 0 Å². The van der Waals surface area contributed by atoms with E-state index in [2.05, 4.69) is 10.3 Å². The first-order chi connectivity index (χ1) is 10.1. The average Bonchev–Trinajstić information content (AvgIpc) is 2.99. The van der Waals surface area contributed by atoms with Gasteiger partial charge in [0.2, 0.25) is 0 Å². The van der Waals surface area contributed by atoms with Gasteiger partial charge in [-0.3, -0.25) is 4.98 Å². The molecule has 1 atom stereocenters. The summed E-state index contributed by atoms with van der Waals surface area (Å²) >= 11 is 5.98. The minimum Gasteiger partial charge on any atom is -0.466 e. The summed E-state index contributed by atoms with van der Waals surface area (Å²) in [6.45, 7) is 2.03. The number of halogens is 1. The van der Waals surface area contributed by atoms with Crippen molar-refractivity contribution in [1.82, 2.24) is 4.98 Å². The Hall–Kier alpha value is -2.04. The van der Waals surface area contributed by atoms with Gasteiger partial charge >= 0.3 is 0 Å². The van der Waals surface area contributed by atoms with Crippen LogP contribution in [0.1, 0.15) is 12.7 Å². The van der Waals surface area contributed by atoms with E-state index in [9.17, 15) is 5.11 Å². The SMILES string of the molecule is CC(O)(CNc1ccnc2cc(Cl)ccc12)c1ccco1. The van der Waals surface area contributed by atoms with Gasteiger partial charge < -0.3 is 14.8 Å². The van der Waals surface area contributed by atoms with Gasteiger partial charge in [0.25, 0.3) is 0 Å². The molecule has 0 fully saturated rings. The Morgan fingerprint density at radius 3 is 2.95 bits per heavy atom. The van der Waals surface area contributed by atoms with E-state index < -0.39 is 5.60 Å². The summed E-state index contributed by atoms with van der Waals surface area (Å²) in [6.07, 6.45) is 3.26. The first kappa shape index (κ1) is 13.9. The molecule has 1 aromatic carbocycles. The van der Waals surface area contributed by atoms with Crippen molar-refractivity contribution < 1.29 is 9.52 Å². The molecule has 0 bridgehead atoms. The highest BCUT2D eigenvalue weighted by Crippen LogP contribution is 2.26. The van der Waals surface area contributed by atoms with E-state index in [1.807, 2.05) is 24.3 Å². The number of anilines is 1. The summed E-state index contributed by atoms with van der Waals surface area (Å²) in [7, 11) is 0. The maximum atomic E-state index is 10.5. The Labute approximate surface area is 127 Å². The second-order valence-electron chi connectivity index (χ2n) is 5.12. The molecular weight excluding hydrogens is 288 g/mol. The molecule has 0 amide bonds. The highest BCUT2D eigenvalue weighted by molar-refractivity contribution is 6.31. The predicted octanol–water partition coefficient (Wildman–Crippen LogP) is 3.80. The number of aromatic nitrogens is 1. The molecule has 0 aliphatic carbocycles. The van der Waals surface area contributed by atoms with Gasteiger partial charge in [-0.1, -0.05) is 11.6 Å². The van der Waals surface area contributed by atoms with Crippen molar-refractivity contribution in [3.8, 4) is 0 Å². The molecule has 2 N–H and O–H groups in total. The van der Waals surface area contributed by atoms with E-state index in [1.165, 1.54) is 0 Å². The van der Waals surface area contributed by atoms with E-state index in [4.69, 9.17) is 16.0 Å². The molecule has 4 nitrogen and oxygen atoms in total. The number of rotatable bonds is 4.